The van der Waals surface area contributed by atoms with E-state index in [1.54, 1.807) is 0 Å². The highest BCUT2D eigenvalue weighted by Crippen LogP contribution is 2.25. The first-order valence-corrected chi connectivity index (χ1v) is 7.01. The highest BCUT2D eigenvalue weighted by Gasteiger charge is 2.34. The number of carbonyl (C=O) groups is 2. The smallest absolute Gasteiger partial charge is 0.308 e. The van der Waals surface area contributed by atoms with Gasteiger partial charge in [0.15, 0.2) is 5.13 Å². The van der Waals surface area contributed by atoms with E-state index in [4.69, 9.17) is 5.11 Å². The number of amides is 1. The van der Waals surface area contributed by atoms with Gasteiger partial charge in [0.25, 0.3) is 0 Å². The van der Waals surface area contributed by atoms with Gasteiger partial charge in [0.1, 0.15) is 0 Å². The van der Waals surface area contributed by atoms with E-state index >= 15 is 0 Å². The van der Waals surface area contributed by atoms with E-state index in [2.05, 4.69) is 15.2 Å². The predicted octanol–water partition coefficient (Wildman–Crippen LogP) is 1.25. The molecular formula is C12H17N3O3S. The lowest BCUT2D eigenvalue weighted by molar-refractivity contribution is -0.142. The molecule has 0 radical (unpaired) electrons. The summed E-state index contributed by atoms with van der Waals surface area (Å²) < 4.78 is 0. The van der Waals surface area contributed by atoms with Crippen molar-refractivity contribution >= 4 is 28.3 Å². The minimum Gasteiger partial charge on any atom is -0.481 e. The zero-order valence-electron chi connectivity index (χ0n) is 10.9. The van der Waals surface area contributed by atoms with Crippen LogP contribution in [-0.4, -0.2) is 40.0 Å². The summed E-state index contributed by atoms with van der Waals surface area (Å²) in [6, 6.07) is 0. The van der Waals surface area contributed by atoms with Crippen LogP contribution in [0.1, 0.15) is 19.5 Å². The number of anilines is 1. The number of nitrogens with zero attached hydrogens (tertiary/aromatic N) is 2. The Balaban J connectivity index is 1.93. The van der Waals surface area contributed by atoms with Crippen LogP contribution in [0.4, 0.5) is 5.13 Å². The lowest BCUT2D eigenvalue weighted by atomic mass is 9.99. The SMILES string of the molecule is CC(=O)Nc1nc(CN2CC(C)C(C(=O)O)C2)cs1. The van der Waals surface area contributed by atoms with Crippen molar-refractivity contribution in [3.8, 4) is 0 Å². The van der Waals surface area contributed by atoms with Crippen molar-refractivity contribution in [2.45, 2.75) is 20.4 Å². The van der Waals surface area contributed by atoms with E-state index in [0.717, 1.165) is 12.2 Å². The van der Waals surface area contributed by atoms with Gasteiger partial charge >= 0.3 is 5.97 Å². The Bertz CT molecular complexity index is 488. The molecule has 1 amide bonds. The molecule has 1 aromatic heterocycles. The molecule has 2 N–H and O–H groups in total. The highest BCUT2D eigenvalue weighted by molar-refractivity contribution is 7.13. The number of rotatable bonds is 4. The Labute approximate surface area is 115 Å². The molecule has 2 heterocycles. The van der Waals surface area contributed by atoms with E-state index < -0.39 is 5.97 Å². The lowest BCUT2D eigenvalue weighted by Crippen LogP contribution is -2.23. The van der Waals surface area contributed by atoms with Crippen LogP contribution in [0.2, 0.25) is 0 Å². The monoisotopic (exact) mass is 283 g/mol. The van der Waals surface area contributed by atoms with Gasteiger partial charge in [-0.05, 0) is 5.92 Å². The number of carboxylic acid groups (broad SMARTS) is 1. The molecule has 0 spiro atoms. The van der Waals surface area contributed by atoms with Crippen molar-refractivity contribution in [1.29, 1.82) is 0 Å². The number of hydrogen-bond donors (Lipinski definition) is 2. The third kappa shape index (κ3) is 3.51. The normalized spacial score (nSPS) is 23.5. The summed E-state index contributed by atoms with van der Waals surface area (Å²) >= 11 is 1.38. The number of aromatic nitrogens is 1. The van der Waals surface area contributed by atoms with Gasteiger partial charge in [0, 0.05) is 31.9 Å². The highest BCUT2D eigenvalue weighted by atomic mass is 32.1. The van der Waals surface area contributed by atoms with Gasteiger partial charge in [-0.15, -0.1) is 11.3 Å². The van der Waals surface area contributed by atoms with Crippen LogP contribution in [0.15, 0.2) is 5.38 Å². The molecule has 2 unspecified atom stereocenters. The zero-order chi connectivity index (χ0) is 14.0. The summed E-state index contributed by atoms with van der Waals surface area (Å²) in [5.74, 6) is -1.01. The van der Waals surface area contributed by atoms with E-state index in [9.17, 15) is 9.59 Å². The quantitative estimate of drug-likeness (QED) is 0.869. The third-order valence-electron chi connectivity index (χ3n) is 3.23. The molecule has 0 aliphatic carbocycles. The zero-order valence-corrected chi connectivity index (χ0v) is 11.7. The maximum absolute atomic E-state index is 11.0. The van der Waals surface area contributed by atoms with Crippen molar-refractivity contribution in [2.75, 3.05) is 18.4 Å². The van der Waals surface area contributed by atoms with Crippen LogP contribution < -0.4 is 5.32 Å². The van der Waals surface area contributed by atoms with Gasteiger partial charge in [0.2, 0.25) is 5.91 Å². The fraction of sp³-hybridized carbons (Fsp3) is 0.583. The minimum atomic E-state index is -0.729. The predicted molar refractivity (Wildman–Crippen MR) is 72.0 cm³/mol. The number of aliphatic carboxylic acids is 1. The Kier molecular flexibility index (Phi) is 4.16. The molecule has 1 aromatic rings. The molecule has 1 fully saturated rings. The van der Waals surface area contributed by atoms with Crippen LogP contribution in [0.3, 0.4) is 0 Å². The van der Waals surface area contributed by atoms with Gasteiger partial charge in [-0.3, -0.25) is 14.5 Å². The van der Waals surface area contributed by atoms with Gasteiger partial charge in [-0.1, -0.05) is 6.92 Å². The largest absolute Gasteiger partial charge is 0.481 e. The molecule has 1 saturated heterocycles. The molecule has 1 aliphatic heterocycles. The average Bonchev–Trinajstić information content (AvgIpc) is 2.85. The Hall–Kier alpha value is -1.47. The van der Waals surface area contributed by atoms with Crippen molar-refractivity contribution in [1.82, 2.24) is 9.88 Å². The van der Waals surface area contributed by atoms with Gasteiger partial charge in [-0.25, -0.2) is 4.98 Å². The molecule has 6 nitrogen and oxygen atoms in total. The van der Waals surface area contributed by atoms with Crippen LogP contribution in [0.5, 0.6) is 0 Å². The van der Waals surface area contributed by atoms with E-state index in [1.165, 1.54) is 18.3 Å². The fourth-order valence-corrected chi connectivity index (χ4v) is 3.08. The molecule has 1 aliphatic rings. The summed E-state index contributed by atoms with van der Waals surface area (Å²) in [6.45, 7) is 5.36. The number of carbonyl (C=O) groups excluding carboxylic acids is 1. The van der Waals surface area contributed by atoms with Crippen molar-refractivity contribution in [3.05, 3.63) is 11.1 Å². The Morgan fingerprint density at radius 2 is 2.32 bits per heavy atom. The molecule has 7 heteroatoms. The first kappa shape index (κ1) is 14.0. The van der Waals surface area contributed by atoms with E-state index in [-0.39, 0.29) is 17.7 Å². The Morgan fingerprint density at radius 1 is 1.58 bits per heavy atom. The standard InChI is InChI=1S/C12H17N3O3S/c1-7-3-15(5-10(7)11(17)18)4-9-6-19-12(14-9)13-8(2)16/h6-7,10H,3-5H2,1-2H3,(H,17,18)(H,13,14,16). The first-order valence-electron chi connectivity index (χ1n) is 6.13. The topological polar surface area (TPSA) is 82.5 Å². The number of nitrogens with one attached hydrogen (secondary N) is 1. The minimum absolute atomic E-state index is 0.137. The summed E-state index contributed by atoms with van der Waals surface area (Å²) in [6.07, 6.45) is 0. The maximum Gasteiger partial charge on any atom is 0.308 e. The molecule has 19 heavy (non-hydrogen) atoms. The molecule has 0 bridgehead atoms. The van der Waals surface area contributed by atoms with Crippen molar-refractivity contribution in [3.63, 3.8) is 0 Å². The summed E-state index contributed by atoms with van der Waals surface area (Å²) in [7, 11) is 0. The maximum atomic E-state index is 11.0. The van der Waals surface area contributed by atoms with Crippen molar-refractivity contribution in [2.24, 2.45) is 11.8 Å². The Morgan fingerprint density at radius 3 is 2.89 bits per heavy atom. The van der Waals surface area contributed by atoms with Crippen LogP contribution >= 0.6 is 11.3 Å². The fourth-order valence-electron chi connectivity index (χ4n) is 2.33. The first-order chi connectivity index (χ1) is 8.95. The number of likely N-dealkylation sites (tertiary alicyclic amines) is 1. The summed E-state index contributed by atoms with van der Waals surface area (Å²) in [5, 5.41) is 14.2. The number of thiazole rings is 1. The molecule has 104 valence electrons. The molecule has 0 saturated carbocycles. The third-order valence-corrected chi connectivity index (χ3v) is 4.03. The van der Waals surface area contributed by atoms with E-state index in [0.29, 0.717) is 18.2 Å². The van der Waals surface area contributed by atoms with E-state index in [1.807, 2.05) is 12.3 Å². The van der Waals surface area contributed by atoms with Crippen molar-refractivity contribution < 1.29 is 14.7 Å². The van der Waals surface area contributed by atoms with Gasteiger partial charge in [0.05, 0.1) is 11.6 Å². The molecular weight excluding hydrogens is 266 g/mol. The second-order valence-electron chi connectivity index (χ2n) is 4.94. The van der Waals surface area contributed by atoms with Crippen LogP contribution in [-0.2, 0) is 16.1 Å². The van der Waals surface area contributed by atoms with Crippen LogP contribution in [0.25, 0.3) is 0 Å². The average molecular weight is 283 g/mol. The summed E-state index contributed by atoms with van der Waals surface area (Å²) in [5.41, 5.74) is 0.868. The lowest BCUT2D eigenvalue weighted by Gasteiger charge is -2.12. The number of hydrogen-bond acceptors (Lipinski definition) is 5. The molecule has 2 atom stereocenters. The number of carboxylic acids is 1. The van der Waals surface area contributed by atoms with Crippen LogP contribution in [0, 0.1) is 11.8 Å². The second-order valence-corrected chi connectivity index (χ2v) is 5.80. The summed E-state index contributed by atoms with van der Waals surface area (Å²) in [4.78, 5) is 28.4. The van der Waals surface area contributed by atoms with Gasteiger partial charge in [-0.2, -0.15) is 0 Å². The molecule has 0 aromatic carbocycles. The van der Waals surface area contributed by atoms with Gasteiger partial charge < -0.3 is 10.4 Å². The second kappa shape index (κ2) is 5.66. The molecule has 2 rings (SSSR count).